The molecule has 1 atom stereocenters. The molecule has 33 heavy (non-hydrogen) atoms. The molecule has 172 valence electrons. The van der Waals surface area contributed by atoms with Crippen LogP contribution in [-0.2, 0) is 24.3 Å². The Labute approximate surface area is 195 Å². The Morgan fingerprint density at radius 3 is 2.73 bits per heavy atom. The van der Waals surface area contributed by atoms with Crippen LogP contribution in [0, 0.1) is 11.8 Å². The van der Waals surface area contributed by atoms with Crippen LogP contribution < -0.4 is 0 Å². The lowest BCUT2D eigenvalue weighted by Gasteiger charge is -2.26. The number of carbonyl (C=O) groups excluding carboxylic acids is 1. The first kappa shape index (κ1) is 22.7. The standard InChI is InChI=1S/C23H24ClN5O4/c1-2-9-28(11-15-3-7-17(24)8-4-15)22(30)19(16-5-6-16)10-18-12-29(27-26-18)13-21-25-20(14-33-21)23(31)32/h2-4,7-8,12,14,16,19H,1,5-6,9-11,13H2,(H,31,32). The predicted octanol–water partition coefficient (Wildman–Crippen LogP) is 3.45. The van der Waals surface area contributed by atoms with E-state index in [1.165, 1.54) is 4.68 Å². The van der Waals surface area contributed by atoms with E-state index in [0.717, 1.165) is 24.7 Å². The molecule has 0 spiro atoms. The summed E-state index contributed by atoms with van der Waals surface area (Å²) in [5.74, 6) is -0.731. The van der Waals surface area contributed by atoms with Crippen molar-refractivity contribution in [1.29, 1.82) is 0 Å². The number of benzene rings is 1. The summed E-state index contributed by atoms with van der Waals surface area (Å²) >= 11 is 5.98. The third-order valence-corrected chi connectivity index (χ3v) is 5.79. The van der Waals surface area contributed by atoms with Crippen LogP contribution in [0.15, 0.2) is 53.8 Å². The first-order valence-electron chi connectivity index (χ1n) is 10.6. The fourth-order valence-corrected chi connectivity index (χ4v) is 3.87. The molecule has 0 aliphatic heterocycles. The number of carboxylic acids is 1. The Morgan fingerprint density at radius 1 is 1.33 bits per heavy atom. The van der Waals surface area contributed by atoms with Crippen LogP contribution in [-0.4, -0.2) is 48.4 Å². The van der Waals surface area contributed by atoms with E-state index in [-0.39, 0.29) is 30.0 Å². The van der Waals surface area contributed by atoms with Crippen LogP contribution in [0.5, 0.6) is 0 Å². The monoisotopic (exact) mass is 469 g/mol. The van der Waals surface area contributed by atoms with Gasteiger partial charge in [-0.15, -0.1) is 11.7 Å². The number of hydrogen-bond donors (Lipinski definition) is 1. The van der Waals surface area contributed by atoms with Crippen molar-refractivity contribution in [3.63, 3.8) is 0 Å². The molecule has 10 heteroatoms. The van der Waals surface area contributed by atoms with E-state index in [0.29, 0.717) is 36.1 Å². The van der Waals surface area contributed by atoms with Gasteiger partial charge in [0.15, 0.2) is 5.69 Å². The molecule has 0 saturated heterocycles. The molecule has 4 rings (SSSR count). The number of oxazole rings is 1. The van der Waals surface area contributed by atoms with E-state index in [1.54, 1.807) is 12.3 Å². The molecule has 1 amide bonds. The summed E-state index contributed by atoms with van der Waals surface area (Å²) < 4.78 is 6.69. The van der Waals surface area contributed by atoms with Crippen molar-refractivity contribution >= 4 is 23.5 Å². The van der Waals surface area contributed by atoms with Gasteiger partial charge in [-0.3, -0.25) is 4.79 Å². The highest BCUT2D eigenvalue weighted by molar-refractivity contribution is 6.30. The molecule has 0 bridgehead atoms. The van der Waals surface area contributed by atoms with Gasteiger partial charge in [0.05, 0.1) is 5.69 Å². The first-order chi connectivity index (χ1) is 15.9. The largest absolute Gasteiger partial charge is 0.476 e. The second-order valence-corrected chi connectivity index (χ2v) is 8.56. The molecule has 1 aromatic carbocycles. The van der Waals surface area contributed by atoms with Gasteiger partial charge in [0, 0.05) is 36.6 Å². The quantitative estimate of drug-likeness (QED) is 0.428. The van der Waals surface area contributed by atoms with E-state index in [4.69, 9.17) is 21.1 Å². The van der Waals surface area contributed by atoms with Gasteiger partial charge in [-0.2, -0.15) is 0 Å². The minimum Gasteiger partial charge on any atom is -0.476 e. The van der Waals surface area contributed by atoms with Gasteiger partial charge in [0.2, 0.25) is 11.8 Å². The Balaban J connectivity index is 1.44. The number of amides is 1. The number of aromatic carboxylic acids is 1. The lowest BCUT2D eigenvalue weighted by Crippen LogP contribution is -2.37. The van der Waals surface area contributed by atoms with Crippen molar-refractivity contribution in [2.75, 3.05) is 6.54 Å². The topological polar surface area (TPSA) is 114 Å². The highest BCUT2D eigenvalue weighted by Crippen LogP contribution is 2.39. The summed E-state index contributed by atoms with van der Waals surface area (Å²) in [6.45, 7) is 4.89. The molecule has 1 saturated carbocycles. The van der Waals surface area contributed by atoms with Crippen LogP contribution in [0.3, 0.4) is 0 Å². The van der Waals surface area contributed by atoms with Crippen molar-refractivity contribution in [1.82, 2.24) is 24.9 Å². The number of nitrogens with zero attached hydrogens (tertiary/aromatic N) is 5. The highest BCUT2D eigenvalue weighted by Gasteiger charge is 2.38. The number of carboxylic acid groups (broad SMARTS) is 1. The molecular formula is C23H24ClN5O4. The van der Waals surface area contributed by atoms with Gasteiger partial charge in [0.25, 0.3) is 0 Å². The SMILES string of the molecule is C=CCN(Cc1ccc(Cl)cc1)C(=O)C(Cc1cn(Cc2nc(C(=O)O)co2)nn1)C1CC1. The summed E-state index contributed by atoms with van der Waals surface area (Å²) in [7, 11) is 0. The third-order valence-electron chi connectivity index (χ3n) is 5.54. The number of aromatic nitrogens is 4. The summed E-state index contributed by atoms with van der Waals surface area (Å²) in [5, 5.41) is 17.9. The Bertz CT molecular complexity index is 1140. The maximum absolute atomic E-state index is 13.5. The van der Waals surface area contributed by atoms with Crippen molar-refractivity contribution in [3.8, 4) is 0 Å². The van der Waals surface area contributed by atoms with E-state index >= 15 is 0 Å². The van der Waals surface area contributed by atoms with Crippen LogP contribution in [0.1, 0.15) is 40.5 Å². The van der Waals surface area contributed by atoms with Crippen LogP contribution >= 0.6 is 11.6 Å². The van der Waals surface area contributed by atoms with Crippen molar-refractivity contribution in [3.05, 3.63) is 77.2 Å². The zero-order chi connectivity index (χ0) is 23.4. The van der Waals surface area contributed by atoms with E-state index in [9.17, 15) is 9.59 Å². The molecule has 1 fully saturated rings. The summed E-state index contributed by atoms with van der Waals surface area (Å²) in [4.78, 5) is 30.1. The van der Waals surface area contributed by atoms with Gasteiger partial charge >= 0.3 is 5.97 Å². The number of hydrogen-bond acceptors (Lipinski definition) is 6. The van der Waals surface area contributed by atoms with Crippen molar-refractivity contribution < 1.29 is 19.1 Å². The van der Waals surface area contributed by atoms with E-state index in [1.807, 2.05) is 29.2 Å². The maximum atomic E-state index is 13.5. The molecule has 1 aliphatic carbocycles. The Morgan fingerprint density at radius 2 is 2.09 bits per heavy atom. The minimum atomic E-state index is -1.15. The van der Waals surface area contributed by atoms with Crippen molar-refractivity contribution in [2.45, 2.75) is 32.4 Å². The summed E-state index contributed by atoms with van der Waals surface area (Å²) in [6.07, 6.45) is 7.07. The number of halogens is 1. The predicted molar refractivity (Wildman–Crippen MR) is 120 cm³/mol. The lowest BCUT2D eigenvalue weighted by atomic mass is 9.96. The fraction of sp³-hybridized carbons (Fsp3) is 0.348. The van der Waals surface area contributed by atoms with Crippen LogP contribution in [0.2, 0.25) is 5.02 Å². The number of rotatable bonds is 11. The maximum Gasteiger partial charge on any atom is 0.357 e. The molecule has 1 aliphatic rings. The molecule has 1 N–H and O–H groups in total. The first-order valence-corrected chi connectivity index (χ1v) is 11.0. The van der Waals surface area contributed by atoms with Crippen LogP contribution in [0.25, 0.3) is 0 Å². The van der Waals surface area contributed by atoms with Gasteiger partial charge in [-0.05, 0) is 36.5 Å². The molecule has 2 aromatic heterocycles. The molecule has 1 unspecified atom stereocenters. The minimum absolute atomic E-state index is 0.0701. The molecule has 0 radical (unpaired) electrons. The van der Waals surface area contributed by atoms with Gasteiger partial charge < -0.3 is 14.4 Å². The van der Waals surface area contributed by atoms with E-state index < -0.39 is 5.97 Å². The average molecular weight is 470 g/mol. The highest BCUT2D eigenvalue weighted by atomic mass is 35.5. The van der Waals surface area contributed by atoms with Gasteiger partial charge in [-0.25, -0.2) is 14.5 Å². The second kappa shape index (κ2) is 9.99. The smallest absolute Gasteiger partial charge is 0.357 e. The molecule has 9 nitrogen and oxygen atoms in total. The summed E-state index contributed by atoms with van der Waals surface area (Å²) in [6, 6.07) is 7.47. The zero-order valence-corrected chi connectivity index (χ0v) is 18.7. The molecule has 2 heterocycles. The zero-order valence-electron chi connectivity index (χ0n) is 17.9. The lowest BCUT2D eigenvalue weighted by molar-refractivity contribution is -0.136. The number of carbonyl (C=O) groups is 2. The normalized spacial score (nSPS) is 14.1. The van der Waals surface area contributed by atoms with Gasteiger partial charge in [-0.1, -0.05) is 35.0 Å². The molecule has 3 aromatic rings. The van der Waals surface area contributed by atoms with Crippen LogP contribution in [0.4, 0.5) is 0 Å². The fourth-order valence-electron chi connectivity index (χ4n) is 3.74. The molecular weight excluding hydrogens is 446 g/mol. The van der Waals surface area contributed by atoms with Gasteiger partial charge in [0.1, 0.15) is 12.8 Å². The van der Waals surface area contributed by atoms with E-state index in [2.05, 4.69) is 21.9 Å². The Hall–Kier alpha value is -3.46. The summed E-state index contributed by atoms with van der Waals surface area (Å²) in [5.41, 5.74) is 1.53. The van der Waals surface area contributed by atoms with Crippen molar-refractivity contribution in [2.24, 2.45) is 11.8 Å². The third kappa shape index (κ3) is 5.87. The average Bonchev–Trinajstić information content (AvgIpc) is 3.36. The Kier molecular flexibility index (Phi) is 6.88. The second-order valence-electron chi connectivity index (χ2n) is 8.12.